The summed E-state index contributed by atoms with van der Waals surface area (Å²) in [5.41, 5.74) is 2.57. The molecular formula is C34H34Cl2N2O5S2. The minimum Gasteiger partial charge on any atom is -0.497 e. The Labute approximate surface area is 280 Å². The van der Waals surface area contributed by atoms with Crippen LogP contribution in [0.4, 0.5) is 0 Å². The van der Waals surface area contributed by atoms with Crippen LogP contribution in [-0.4, -0.2) is 40.4 Å². The van der Waals surface area contributed by atoms with Crippen LogP contribution >= 0.6 is 46.7 Å². The summed E-state index contributed by atoms with van der Waals surface area (Å²) in [5, 5.41) is 21.5. The summed E-state index contributed by atoms with van der Waals surface area (Å²) in [7, 11) is 3.27. The van der Waals surface area contributed by atoms with Gasteiger partial charge in [-0.15, -0.1) is 0 Å². The third-order valence-corrected chi connectivity index (χ3v) is 8.93. The molecule has 0 spiro atoms. The van der Waals surface area contributed by atoms with Crippen molar-refractivity contribution in [2.24, 2.45) is 0 Å². The summed E-state index contributed by atoms with van der Waals surface area (Å²) in [6.07, 6.45) is 0. The molecule has 0 saturated heterocycles. The first-order valence-electron chi connectivity index (χ1n) is 12.9. The fourth-order valence-corrected chi connectivity index (χ4v) is 6.86. The molecule has 236 valence electrons. The highest BCUT2D eigenvalue weighted by Crippen LogP contribution is 2.38. The van der Waals surface area contributed by atoms with Crippen molar-refractivity contribution in [2.45, 2.75) is 41.0 Å². The molecule has 2 heterocycles. The topological polar surface area (TPSA) is 108 Å². The van der Waals surface area contributed by atoms with Gasteiger partial charge in [-0.1, -0.05) is 61.6 Å². The van der Waals surface area contributed by atoms with Gasteiger partial charge >= 0.3 is 5.97 Å². The lowest BCUT2D eigenvalue weighted by atomic mass is 10.2. The van der Waals surface area contributed by atoms with E-state index >= 15 is 0 Å². The number of nitrogens with one attached hydrogen (secondary N) is 2. The van der Waals surface area contributed by atoms with Crippen LogP contribution in [0.25, 0.3) is 21.8 Å². The number of carboxylic acid groups (broad SMARTS) is 1. The van der Waals surface area contributed by atoms with Crippen molar-refractivity contribution in [3.05, 3.63) is 106 Å². The molecule has 4 N–H and O–H groups in total. The Morgan fingerprint density at radius 2 is 1.16 bits per heavy atom. The molecule has 11 heteroatoms. The Morgan fingerprint density at radius 1 is 0.711 bits per heavy atom. The fraction of sp³-hybridized carbons (Fsp3) is 0.147. The molecule has 0 bridgehead atoms. The molecule has 6 aromatic rings. The van der Waals surface area contributed by atoms with E-state index in [1.54, 1.807) is 38.1 Å². The Kier molecular flexibility index (Phi) is 12.7. The third-order valence-electron chi connectivity index (χ3n) is 6.36. The molecule has 0 aliphatic rings. The molecule has 6 rings (SSSR count). The summed E-state index contributed by atoms with van der Waals surface area (Å²) >= 11 is 15.5. The first kappa shape index (κ1) is 35.7. The second-order valence-corrected chi connectivity index (χ2v) is 12.3. The van der Waals surface area contributed by atoms with Crippen LogP contribution in [0.2, 0.25) is 10.0 Å². The van der Waals surface area contributed by atoms with Crippen molar-refractivity contribution in [3.8, 4) is 11.5 Å². The van der Waals surface area contributed by atoms with Gasteiger partial charge in [0.05, 0.1) is 20.8 Å². The minimum atomic E-state index is -0.993. The number of halogens is 2. The number of H-pyrrole nitrogens is 2. The normalized spacial score (nSPS) is 10.4. The number of aromatic amines is 2. The first-order chi connectivity index (χ1) is 20.8. The van der Waals surface area contributed by atoms with Gasteiger partial charge in [0.1, 0.15) is 17.2 Å². The van der Waals surface area contributed by atoms with E-state index in [2.05, 4.69) is 9.97 Å². The molecule has 0 aliphatic carbocycles. The number of carboxylic acids is 1. The van der Waals surface area contributed by atoms with Gasteiger partial charge in [0.15, 0.2) is 0 Å². The lowest BCUT2D eigenvalue weighted by Gasteiger charge is -2.05. The zero-order valence-corrected chi connectivity index (χ0v) is 26.1. The van der Waals surface area contributed by atoms with Crippen LogP contribution < -0.4 is 9.47 Å². The van der Waals surface area contributed by atoms with Gasteiger partial charge in [0, 0.05) is 57.1 Å². The molecular weight excluding hydrogens is 651 g/mol. The van der Waals surface area contributed by atoms with Crippen molar-refractivity contribution in [3.63, 3.8) is 0 Å². The number of benzene rings is 4. The van der Waals surface area contributed by atoms with Crippen molar-refractivity contribution in [1.82, 2.24) is 9.97 Å². The average molecular weight is 686 g/mol. The predicted octanol–water partition coefficient (Wildman–Crippen LogP) is 10.4. The molecule has 45 heavy (non-hydrogen) atoms. The number of aromatic carboxylic acids is 1. The molecule has 2 aromatic heterocycles. The van der Waals surface area contributed by atoms with Gasteiger partial charge in [0.25, 0.3) is 0 Å². The van der Waals surface area contributed by atoms with Crippen LogP contribution in [0.5, 0.6) is 11.5 Å². The van der Waals surface area contributed by atoms with E-state index in [0.29, 0.717) is 15.6 Å². The molecule has 0 aliphatic heterocycles. The molecule has 0 amide bonds. The smallest absolute Gasteiger partial charge is 0.352 e. The summed E-state index contributed by atoms with van der Waals surface area (Å²) in [5.74, 6) is 0.628. The number of carbonyl (C=O) groups is 1. The van der Waals surface area contributed by atoms with Crippen molar-refractivity contribution < 1.29 is 24.5 Å². The second-order valence-electron chi connectivity index (χ2n) is 9.23. The van der Waals surface area contributed by atoms with E-state index in [-0.39, 0.29) is 27.2 Å². The monoisotopic (exact) mass is 684 g/mol. The van der Waals surface area contributed by atoms with E-state index in [0.717, 1.165) is 53.1 Å². The number of aliphatic hydroxyl groups excluding tert-OH is 1. The van der Waals surface area contributed by atoms with Crippen LogP contribution in [0.3, 0.4) is 0 Å². The van der Waals surface area contributed by atoms with E-state index in [1.807, 2.05) is 72.8 Å². The number of fused-ring (bicyclic) bond motifs is 2. The number of hydrogen-bond donors (Lipinski definition) is 4. The molecule has 0 unspecified atom stereocenters. The number of aromatic nitrogens is 2. The van der Waals surface area contributed by atoms with Gasteiger partial charge in [-0.3, -0.25) is 0 Å². The largest absolute Gasteiger partial charge is 0.497 e. The van der Waals surface area contributed by atoms with Gasteiger partial charge in [0.2, 0.25) is 0 Å². The highest BCUT2D eigenvalue weighted by atomic mass is 35.5. The molecule has 4 aromatic carbocycles. The minimum absolute atomic E-state index is 0. The Hall–Kier alpha value is -3.73. The Morgan fingerprint density at radius 3 is 1.58 bits per heavy atom. The predicted molar refractivity (Wildman–Crippen MR) is 187 cm³/mol. The maximum Gasteiger partial charge on any atom is 0.352 e. The Balaban J connectivity index is 0.000000235. The maximum absolute atomic E-state index is 11.1. The van der Waals surface area contributed by atoms with Crippen LogP contribution in [0.1, 0.15) is 31.0 Å². The maximum atomic E-state index is 11.1. The number of rotatable bonds is 8. The standard InChI is InChI=1S/C16H12ClNO3S.C16H14ClNO2S.2CH4/c1-21-10-2-4-11(5-3-10)22-15-7-9(17)6-13-12(15)8-14(18-13)16(19)20;1-20-12-2-4-13(5-3-12)21-16-7-10(17)6-15-14(16)8-11(9-19)18-15;;/h2-8,18H,1H3,(H,19,20);2-8,18-19H,9H2,1H3;2*1H4. The summed E-state index contributed by atoms with van der Waals surface area (Å²) in [4.78, 5) is 21.2. The summed E-state index contributed by atoms with van der Waals surface area (Å²) in [6, 6.07) is 26.5. The van der Waals surface area contributed by atoms with E-state index < -0.39 is 5.97 Å². The highest BCUT2D eigenvalue weighted by Gasteiger charge is 2.13. The Bertz CT molecular complexity index is 1890. The van der Waals surface area contributed by atoms with E-state index in [9.17, 15) is 9.90 Å². The van der Waals surface area contributed by atoms with Crippen LogP contribution in [-0.2, 0) is 6.61 Å². The number of hydrogen-bond acceptors (Lipinski definition) is 6. The van der Waals surface area contributed by atoms with Crippen molar-refractivity contribution in [2.75, 3.05) is 14.2 Å². The number of ether oxygens (including phenoxy) is 2. The van der Waals surface area contributed by atoms with Gasteiger partial charge < -0.3 is 29.7 Å². The zero-order valence-electron chi connectivity index (χ0n) is 23.0. The molecule has 0 saturated carbocycles. The van der Waals surface area contributed by atoms with Gasteiger partial charge in [-0.25, -0.2) is 4.79 Å². The van der Waals surface area contributed by atoms with Crippen molar-refractivity contribution >= 4 is 74.5 Å². The average Bonchev–Trinajstić information content (AvgIpc) is 3.63. The zero-order chi connectivity index (χ0) is 30.5. The fourth-order valence-electron chi connectivity index (χ4n) is 4.31. The summed E-state index contributed by atoms with van der Waals surface area (Å²) < 4.78 is 10.3. The molecule has 0 atom stereocenters. The van der Waals surface area contributed by atoms with E-state index in [1.165, 1.54) is 11.8 Å². The lowest BCUT2D eigenvalue weighted by Crippen LogP contribution is -1.94. The van der Waals surface area contributed by atoms with E-state index in [4.69, 9.17) is 37.8 Å². The van der Waals surface area contributed by atoms with Crippen LogP contribution in [0, 0.1) is 0 Å². The number of aliphatic hydroxyl groups is 1. The second kappa shape index (κ2) is 16.0. The highest BCUT2D eigenvalue weighted by molar-refractivity contribution is 7.99. The number of methoxy groups -OCH3 is 2. The third kappa shape index (κ3) is 8.71. The van der Waals surface area contributed by atoms with Gasteiger partial charge in [-0.05, 0) is 84.9 Å². The van der Waals surface area contributed by atoms with Gasteiger partial charge in [-0.2, -0.15) is 0 Å². The lowest BCUT2D eigenvalue weighted by molar-refractivity contribution is 0.0691. The first-order valence-corrected chi connectivity index (χ1v) is 15.3. The quantitative estimate of drug-likeness (QED) is 0.126. The summed E-state index contributed by atoms with van der Waals surface area (Å²) in [6.45, 7) is -0.0149. The van der Waals surface area contributed by atoms with Crippen molar-refractivity contribution in [1.29, 1.82) is 0 Å². The molecule has 0 fully saturated rings. The molecule has 0 radical (unpaired) electrons. The SMILES string of the molecule is C.C.COc1ccc(Sc2cc(Cl)cc3[nH]c(C(=O)O)cc23)cc1.COc1ccc(Sc2cc(Cl)cc3[nH]c(CO)cc23)cc1. The molecule has 7 nitrogen and oxygen atoms in total. The van der Waals surface area contributed by atoms with Crippen LogP contribution in [0.15, 0.2) is 105 Å².